The Labute approximate surface area is 233 Å². The first-order valence-electron chi connectivity index (χ1n) is 13.6. The van der Waals surface area contributed by atoms with Crippen LogP contribution in [0, 0.1) is 0 Å². The third kappa shape index (κ3) is 4.18. The summed E-state index contributed by atoms with van der Waals surface area (Å²) in [5.41, 5.74) is 7.56. The predicted octanol–water partition coefficient (Wildman–Crippen LogP) is 9.84. The van der Waals surface area contributed by atoms with Crippen molar-refractivity contribution in [3.63, 3.8) is 0 Å². The number of aromatic amines is 1. The molecule has 0 aliphatic carbocycles. The van der Waals surface area contributed by atoms with Crippen LogP contribution in [0.25, 0.3) is 55.4 Å². The summed E-state index contributed by atoms with van der Waals surface area (Å²) in [7, 11) is 0. The van der Waals surface area contributed by atoms with E-state index in [1.54, 1.807) is 0 Å². The van der Waals surface area contributed by atoms with Crippen LogP contribution in [-0.4, -0.2) is 16.2 Å². The molecule has 0 saturated carbocycles. The molecule has 0 unspecified atom stereocenters. The fourth-order valence-corrected chi connectivity index (χ4v) is 5.38. The Balaban J connectivity index is 1.36. The smallest absolute Gasteiger partial charge is 0.229 e. The number of oxazole rings is 1. The Kier molecular flexibility index (Phi) is 5.64. The van der Waals surface area contributed by atoms with E-state index in [0.29, 0.717) is 5.89 Å². The zero-order valence-corrected chi connectivity index (χ0v) is 22.8. The van der Waals surface area contributed by atoms with Crippen LogP contribution in [0.2, 0.25) is 0 Å². The molecule has 0 radical (unpaired) electrons. The Morgan fingerprint density at radius 2 is 1.50 bits per heavy atom. The van der Waals surface area contributed by atoms with Gasteiger partial charge in [0.2, 0.25) is 5.89 Å². The summed E-state index contributed by atoms with van der Waals surface area (Å²) in [4.78, 5) is 13.3. The highest BCUT2D eigenvalue weighted by molar-refractivity contribution is 6.14. The number of aromatic nitrogens is 2. The number of H-pyrrole nitrogens is 1. The van der Waals surface area contributed by atoms with E-state index < -0.39 is 0 Å². The second-order valence-electron chi connectivity index (χ2n) is 11.2. The Morgan fingerprint density at radius 1 is 0.750 bits per heavy atom. The van der Waals surface area contributed by atoms with E-state index in [2.05, 4.69) is 98.6 Å². The molecule has 7 rings (SSSR count). The number of hydrogen-bond acceptors (Lipinski definition) is 3. The highest BCUT2D eigenvalue weighted by atomic mass is 16.3. The van der Waals surface area contributed by atoms with Crippen LogP contribution in [-0.2, 0) is 5.41 Å². The molecule has 2 aromatic heterocycles. The van der Waals surface area contributed by atoms with Gasteiger partial charge in [0, 0.05) is 29.2 Å². The highest BCUT2D eigenvalue weighted by Crippen LogP contribution is 2.38. The third-order valence-corrected chi connectivity index (χ3v) is 7.53. The molecule has 0 saturated heterocycles. The lowest BCUT2D eigenvalue weighted by atomic mass is 9.85. The molecule has 4 heteroatoms. The summed E-state index contributed by atoms with van der Waals surface area (Å²) in [6, 6.07) is 35.6. The van der Waals surface area contributed by atoms with Gasteiger partial charge >= 0.3 is 0 Å². The van der Waals surface area contributed by atoms with Crippen LogP contribution in [0.5, 0.6) is 0 Å². The average molecular weight is 520 g/mol. The fourth-order valence-electron chi connectivity index (χ4n) is 5.38. The molecule has 0 fully saturated rings. The molecule has 40 heavy (non-hydrogen) atoms. The van der Waals surface area contributed by atoms with E-state index in [9.17, 15) is 0 Å². The number of aliphatic imine (C=N–C) groups is 1. The molecule has 0 atom stereocenters. The van der Waals surface area contributed by atoms with Gasteiger partial charge in [-0.25, -0.2) is 4.98 Å². The molecule has 194 valence electrons. The Bertz CT molecular complexity index is 2040. The number of benzene rings is 5. The van der Waals surface area contributed by atoms with Gasteiger partial charge in [0.1, 0.15) is 5.52 Å². The van der Waals surface area contributed by atoms with Crippen molar-refractivity contribution in [1.82, 2.24) is 9.97 Å². The second-order valence-corrected chi connectivity index (χ2v) is 11.2. The number of nitrogens with one attached hydrogen (secondary N) is 1. The molecule has 0 aliphatic heterocycles. The first-order chi connectivity index (χ1) is 19.5. The van der Waals surface area contributed by atoms with E-state index in [-0.39, 0.29) is 5.41 Å². The summed E-state index contributed by atoms with van der Waals surface area (Å²) in [6.07, 6.45) is 3.89. The average Bonchev–Trinajstić information content (AvgIpc) is 3.66. The van der Waals surface area contributed by atoms with E-state index in [4.69, 9.17) is 14.4 Å². The van der Waals surface area contributed by atoms with Crippen molar-refractivity contribution in [2.45, 2.75) is 26.2 Å². The maximum absolute atomic E-state index is 6.45. The zero-order chi connectivity index (χ0) is 27.3. The monoisotopic (exact) mass is 519 g/mol. The minimum Gasteiger partial charge on any atom is -0.436 e. The SMILES string of the molecule is CC(C)(C)c1cc(-c2ccc[nH]2)c2nc(-c3ccccc3N=Cc3cc4ccccc4c4ccccc34)oc2c1. The van der Waals surface area contributed by atoms with Gasteiger partial charge in [-0.1, -0.05) is 81.4 Å². The molecule has 0 amide bonds. The van der Waals surface area contributed by atoms with Crippen molar-refractivity contribution >= 4 is 44.5 Å². The van der Waals surface area contributed by atoms with Crippen LogP contribution in [0.3, 0.4) is 0 Å². The second kappa shape index (κ2) is 9.35. The molecule has 1 N–H and O–H groups in total. The largest absolute Gasteiger partial charge is 0.436 e. The fraction of sp³-hybridized carbons (Fsp3) is 0.111. The van der Waals surface area contributed by atoms with Gasteiger partial charge in [-0.15, -0.1) is 0 Å². The Hall–Kier alpha value is -4.96. The minimum atomic E-state index is -0.0344. The lowest BCUT2D eigenvalue weighted by molar-refractivity contribution is 0.584. The van der Waals surface area contributed by atoms with Gasteiger partial charge in [-0.2, -0.15) is 0 Å². The maximum Gasteiger partial charge on any atom is 0.229 e. The number of para-hydroxylation sites is 1. The molecular formula is C36H29N3O. The zero-order valence-electron chi connectivity index (χ0n) is 22.8. The molecule has 0 spiro atoms. The van der Waals surface area contributed by atoms with Crippen molar-refractivity contribution in [2.75, 3.05) is 0 Å². The predicted molar refractivity (Wildman–Crippen MR) is 167 cm³/mol. The van der Waals surface area contributed by atoms with Gasteiger partial charge in [0.25, 0.3) is 0 Å². The summed E-state index contributed by atoms with van der Waals surface area (Å²) < 4.78 is 6.45. The molecule has 5 aromatic carbocycles. The van der Waals surface area contributed by atoms with Gasteiger partial charge in [-0.05, 0) is 75.0 Å². The van der Waals surface area contributed by atoms with Crippen LogP contribution in [0.1, 0.15) is 31.9 Å². The Morgan fingerprint density at radius 3 is 2.30 bits per heavy atom. The molecule has 0 bridgehead atoms. The van der Waals surface area contributed by atoms with Gasteiger partial charge < -0.3 is 9.40 Å². The van der Waals surface area contributed by atoms with Crippen molar-refractivity contribution in [1.29, 1.82) is 0 Å². The summed E-state index contributed by atoms with van der Waals surface area (Å²) in [5.74, 6) is 0.560. The standard InChI is InChI=1S/C36H29N3O/c1-36(2,3)25-20-30(32-17-10-18-37-32)34-33(21-25)40-35(39-34)29-15-8-9-16-31(29)38-22-24-19-23-11-4-5-12-26(23)28-14-7-6-13-27(24)28/h4-22,37H,1-3H3. The normalized spacial score (nSPS) is 12.3. The number of fused-ring (bicyclic) bond motifs is 4. The van der Waals surface area contributed by atoms with Gasteiger partial charge in [0.15, 0.2) is 5.58 Å². The van der Waals surface area contributed by atoms with Crippen LogP contribution < -0.4 is 0 Å². The van der Waals surface area contributed by atoms with Gasteiger partial charge in [-0.3, -0.25) is 4.99 Å². The van der Waals surface area contributed by atoms with Crippen LogP contribution >= 0.6 is 0 Å². The van der Waals surface area contributed by atoms with E-state index in [1.807, 2.05) is 42.7 Å². The molecule has 2 heterocycles. The van der Waals surface area contributed by atoms with Gasteiger partial charge in [0.05, 0.1) is 11.3 Å². The van der Waals surface area contributed by atoms with Crippen LogP contribution in [0.4, 0.5) is 5.69 Å². The van der Waals surface area contributed by atoms with Crippen molar-refractivity contribution in [3.8, 4) is 22.7 Å². The maximum atomic E-state index is 6.45. The summed E-state index contributed by atoms with van der Waals surface area (Å²) in [6.45, 7) is 6.64. The first kappa shape index (κ1) is 24.1. The summed E-state index contributed by atoms with van der Waals surface area (Å²) >= 11 is 0. The minimum absolute atomic E-state index is 0.0344. The highest BCUT2D eigenvalue weighted by Gasteiger charge is 2.21. The van der Waals surface area contributed by atoms with Crippen molar-refractivity contribution in [3.05, 3.63) is 120 Å². The number of nitrogens with zero attached hydrogens (tertiary/aromatic N) is 2. The lowest BCUT2D eigenvalue weighted by Crippen LogP contribution is -2.11. The topological polar surface area (TPSA) is 54.2 Å². The third-order valence-electron chi connectivity index (χ3n) is 7.53. The molecule has 7 aromatic rings. The van der Waals surface area contributed by atoms with E-state index in [1.165, 1.54) is 27.1 Å². The van der Waals surface area contributed by atoms with E-state index in [0.717, 1.165) is 39.2 Å². The number of hydrogen-bond donors (Lipinski definition) is 1. The van der Waals surface area contributed by atoms with E-state index >= 15 is 0 Å². The van der Waals surface area contributed by atoms with Crippen LogP contribution in [0.15, 0.2) is 119 Å². The lowest BCUT2D eigenvalue weighted by Gasteiger charge is -2.19. The molecular weight excluding hydrogens is 490 g/mol. The number of rotatable bonds is 4. The molecule has 4 nitrogen and oxygen atoms in total. The van der Waals surface area contributed by atoms with Crippen molar-refractivity contribution in [2.24, 2.45) is 4.99 Å². The summed E-state index contributed by atoms with van der Waals surface area (Å²) in [5, 5.41) is 4.84. The molecule has 0 aliphatic rings. The first-order valence-corrected chi connectivity index (χ1v) is 13.6. The van der Waals surface area contributed by atoms with Crippen molar-refractivity contribution < 1.29 is 4.42 Å². The quantitative estimate of drug-likeness (QED) is 0.186.